The van der Waals surface area contributed by atoms with Gasteiger partial charge in [-0.15, -0.1) is 0 Å². The number of benzene rings is 2. The van der Waals surface area contributed by atoms with Crippen molar-refractivity contribution in [1.29, 1.82) is 0 Å². The van der Waals surface area contributed by atoms with Crippen molar-refractivity contribution in [2.75, 3.05) is 0 Å². The Kier molecular flexibility index (Phi) is 6.58. The number of hydrogen-bond acceptors (Lipinski definition) is 6. The molecule has 2 aromatic heterocycles. The van der Waals surface area contributed by atoms with Gasteiger partial charge < -0.3 is 14.0 Å². The zero-order valence-electron chi connectivity index (χ0n) is 18.1. The molecule has 0 atom stereocenters. The summed E-state index contributed by atoms with van der Waals surface area (Å²) < 4.78 is 19.7. The fourth-order valence-corrected chi connectivity index (χ4v) is 5.95. The van der Waals surface area contributed by atoms with E-state index in [2.05, 4.69) is 68.3 Å². The molecule has 1 aliphatic carbocycles. The highest BCUT2D eigenvalue weighted by molar-refractivity contribution is 9.11. The van der Waals surface area contributed by atoms with Gasteiger partial charge in [-0.1, -0.05) is 19.0 Å². The number of thiophene rings is 1. The van der Waals surface area contributed by atoms with E-state index in [1.165, 1.54) is 11.1 Å². The van der Waals surface area contributed by atoms with Crippen molar-refractivity contribution in [2.45, 2.75) is 39.2 Å². The number of rotatable bonds is 7. The van der Waals surface area contributed by atoms with E-state index in [1.807, 2.05) is 35.0 Å². The summed E-state index contributed by atoms with van der Waals surface area (Å²) >= 11 is 9.00. The molecular weight excluding hydrogens is 568 g/mol. The van der Waals surface area contributed by atoms with Crippen molar-refractivity contribution in [3.63, 3.8) is 0 Å². The highest BCUT2D eigenvalue weighted by Gasteiger charge is 2.21. The predicted octanol–water partition coefficient (Wildman–Crippen LogP) is 8.32. The minimum Gasteiger partial charge on any atom is -0.485 e. The molecule has 1 radical (unpaired) electrons. The van der Waals surface area contributed by atoms with E-state index in [4.69, 9.17) is 14.0 Å². The fraction of sp³-hybridized carbons (Fsp3) is 0.240. The average molecular weight is 589 g/mol. The maximum absolute atomic E-state index is 6.32. The quantitative estimate of drug-likeness (QED) is 0.217. The Bertz CT molecular complexity index is 1290. The molecule has 4 aromatic rings. The van der Waals surface area contributed by atoms with Gasteiger partial charge in [-0.3, -0.25) is 0 Å². The number of ether oxygens (including phenoxy) is 2. The lowest BCUT2D eigenvalue weighted by molar-refractivity contribution is 0.283. The summed E-state index contributed by atoms with van der Waals surface area (Å²) in [4.78, 5) is 4.43. The van der Waals surface area contributed by atoms with E-state index in [-0.39, 0.29) is 12.5 Å². The Balaban J connectivity index is 1.35. The maximum atomic E-state index is 6.32. The lowest BCUT2D eigenvalue weighted by Crippen LogP contribution is -2.02. The Morgan fingerprint density at radius 1 is 1.18 bits per heavy atom. The van der Waals surface area contributed by atoms with E-state index in [0.717, 1.165) is 50.2 Å². The smallest absolute Gasteiger partial charge is 0.258 e. The van der Waals surface area contributed by atoms with Gasteiger partial charge in [-0.05, 0) is 104 Å². The second kappa shape index (κ2) is 9.60. The summed E-state index contributed by atoms with van der Waals surface area (Å²) in [7, 11) is 0. The maximum Gasteiger partial charge on any atom is 0.258 e. The standard InChI is InChI=1S/C25H21Br2N2O3S/c1-14(2)19-11-17(31-24-20(26)10-15-4-3-5-18(15)23(24)27)6-7-21(19)30-12-22-28-25(32-29-22)16-8-9-33-13-16/h4,6-11,13-14H,3,5,12H2,1-2H3. The molecule has 169 valence electrons. The second-order valence-corrected chi connectivity index (χ2v) is 10.5. The van der Waals surface area contributed by atoms with Crippen LogP contribution in [0.15, 0.2) is 54.6 Å². The zero-order valence-corrected chi connectivity index (χ0v) is 22.1. The molecular formula is C25H21Br2N2O3S. The number of halogens is 2. The molecule has 0 bridgehead atoms. The minimum atomic E-state index is 0.228. The third-order valence-corrected chi connectivity index (χ3v) is 7.60. The van der Waals surface area contributed by atoms with Crippen LogP contribution in [0.1, 0.15) is 48.7 Å². The van der Waals surface area contributed by atoms with Gasteiger partial charge in [-0.25, -0.2) is 0 Å². The van der Waals surface area contributed by atoms with Crippen LogP contribution in [0, 0.1) is 6.42 Å². The summed E-state index contributed by atoms with van der Waals surface area (Å²) in [5.41, 5.74) is 4.52. The zero-order chi connectivity index (χ0) is 22.9. The van der Waals surface area contributed by atoms with Gasteiger partial charge in [0.1, 0.15) is 11.5 Å². The van der Waals surface area contributed by atoms with Gasteiger partial charge in [0.05, 0.1) is 14.5 Å². The Morgan fingerprint density at radius 2 is 2.06 bits per heavy atom. The first-order chi connectivity index (χ1) is 16.0. The molecule has 0 amide bonds. The van der Waals surface area contributed by atoms with Crippen LogP contribution in [-0.2, 0) is 13.0 Å². The predicted molar refractivity (Wildman–Crippen MR) is 136 cm³/mol. The summed E-state index contributed by atoms with van der Waals surface area (Å²) in [5.74, 6) is 3.59. The van der Waals surface area contributed by atoms with Crippen molar-refractivity contribution in [2.24, 2.45) is 0 Å². The van der Waals surface area contributed by atoms with Crippen molar-refractivity contribution in [3.8, 4) is 28.7 Å². The largest absolute Gasteiger partial charge is 0.485 e. The van der Waals surface area contributed by atoms with E-state index >= 15 is 0 Å². The number of aromatic nitrogens is 2. The summed E-state index contributed by atoms with van der Waals surface area (Å²) in [6, 6.07) is 9.97. The highest BCUT2D eigenvalue weighted by Crippen LogP contribution is 2.44. The third kappa shape index (κ3) is 4.74. The Hall–Kier alpha value is -2.16. The third-order valence-electron chi connectivity index (χ3n) is 5.49. The molecule has 8 heteroatoms. The van der Waals surface area contributed by atoms with Crippen LogP contribution >= 0.6 is 43.2 Å². The minimum absolute atomic E-state index is 0.228. The van der Waals surface area contributed by atoms with E-state index in [0.29, 0.717) is 11.7 Å². The van der Waals surface area contributed by atoms with Crippen molar-refractivity contribution >= 4 is 43.2 Å². The molecule has 5 rings (SSSR count). The fourth-order valence-electron chi connectivity index (χ4n) is 3.81. The molecule has 0 saturated carbocycles. The van der Waals surface area contributed by atoms with Crippen LogP contribution in [0.4, 0.5) is 0 Å². The Labute approximate surface area is 213 Å². The molecule has 2 heterocycles. The number of hydrogen-bond donors (Lipinski definition) is 0. The summed E-state index contributed by atoms with van der Waals surface area (Å²) in [6.07, 6.45) is 4.33. The van der Waals surface area contributed by atoms with Crippen LogP contribution in [-0.4, -0.2) is 10.1 Å². The second-order valence-electron chi connectivity index (χ2n) is 8.08. The van der Waals surface area contributed by atoms with Crippen LogP contribution in [0.25, 0.3) is 11.5 Å². The molecule has 0 N–H and O–H groups in total. The highest BCUT2D eigenvalue weighted by atomic mass is 79.9. The number of nitrogens with zero attached hydrogens (tertiary/aromatic N) is 2. The number of fused-ring (bicyclic) bond motifs is 1. The van der Waals surface area contributed by atoms with Crippen LogP contribution in [0.5, 0.6) is 17.2 Å². The summed E-state index contributed by atoms with van der Waals surface area (Å²) in [5, 5.41) is 7.99. The van der Waals surface area contributed by atoms with Gasteiger partial charge in [0.25, 0.3) is 5.89 Å². The Morgan fingerprint density at radius 3 is 2.85 bits per heavy atom. The van der Waals surface area contributed by atoms with Gasteiger partial charge >= 0.3 is 0 Å². The molecule has 0 aliphatic heterocycles. The molecule has 0 unspecified atom stereocenters. The molecule has 2 aromatic carbocycles. The van der Waals surface area contributed by atoms with E-state index in [1.54, 1.807) is 11.3 Å². The van der Waals surface area contributed by atoms with Gasteiger partial charge in [0, 0.05) is 10.9 Å². The van der Waals surface area contributed by atoms with Crippen molar-refractivity contribution in [1.82, 2.24) is 10.1 Å². The van der Waals surface area contributed by atoms with Gasteiger partial charge in [0.2, 0.25) is 5.82 Å². The normalized spacial score (nSPS) is 12.9. The molecule has 1 aliphatic rings. The molecule has 5 nitrogen and oxygen atoms in total. The van der Waals surface area contributed by atoms with Crippen molar-refractivity contribution in [3.05, 3.63) is 79.0 Å². The SMILES string of the molecule is CC(C)c1cc(Oc2c(Br)cc3c(c2Br)CC[CH]3)ccc1OCc1noc(-c2ccsc2)n1. The average Bonchev–Trinajstić information content (AvgIpc) is 3.56. The van der Waals surface area contributed by atoms with Gasteiger partial charge in [0.15, 0.2) is 12.4 Å². The monoisotopic (exact) mass is 587 g/mol. The van der Waals surface area contributed by atoms with Crippen LogP contribution in [0.2, 0.25) is 0 Å². The first kappa shape index (κ1) is 22.6. The molecule has 0 fully saturated rings. The lowest BCUT2D eigenvalue weighted by atomic mass is 10.0. The topological polar surface area (TPSA) is 57.4 Å². The molecule has 0 spiro atoms. The summed E-state index contributed by atoms with van der Waals surface area (Å²) in [6.45, 7) is 4.49. The van der Waals surface area contributed by atoms with Crippen LogP contribution in [0.3, 0.4) is 0 Å². The van der Waals surface area contributed by atoms with E-state index in [9.17, 15) is 0 Å². The molecule has 0 saturated heterocycles. The van der Waals surface area contributed by atoms with Crippen molar-refractivity contribution < 1.29 is 14.0 Å². The lowest BCUT2D eigenvalue weighted by Gasteiger charge is -2.17. The van der Waals surface area contributed by atoms with E-state index < -0.39 is 0 Å². The van der Waals surface area contributed by atoms with Crippen LogP contribution < -0.4 is 9.47 Å². The first-order valence-corrected chi connectivity index (χ1v) is 13.2. The first-order valence-electron chi connectivity index (χ1n) is 10.6. The van der Waals surface area contributed by atoms with Gasteiger partial charge in [-0.2, -0.15) is 16.3 Å². The molecule has 33 heavy (non-hydrogen) atoms.